The number of nitrogens with zero attached hydrogens (tertiary/aromatic N) is 2. The Morgan fingerprint density at radius 2 is 2.03 bits per heavy atom. The molecular formula is C23H27F3N4O. The fourth-order valence-electron chi connectivity index (χ4n) is 5.55. The quantitative estimate of drug-likeness (QED) is 0.707. The number of nitrogen functional groups attached to an aromatic ring is 1. The van der Waals surface area contributed by atoms with E-state index in [-0.39, 0.29) is 11.5 Å². The fraction of sp³-hybridized carbons (Fsp3) is 0.478. The maximum absolute atomic E-state index is 14.1. The summed E-state index contributed by atoms with van der Waals surface area (Å²) < 4.78 is 48.0. The van der Waals surface area contributed by atoms with Crippen molar-refractivity contribution in [3.8, 4) is 11.1 Å². The van der Waals surface area contributed by atoms with Crippen LogP contribution in [0.2, 0.25) is 0 Å². The van der Waals surface area contributed by atoms with E-state index in [1.54, 1.807) is 19.0 Å². The fourth-order valence-corrected chi connectivity index (χ4v) is 5.55. The summed E-state index contributed by atoms with van der Waals surface area (Å²) in [4.78, 5) is 4.09. The predicted molar refractivity (Wildman–Crippen MR) is 117 cm³/mol. The van der Waals surface area contributed by atoms with Gasteiger partial charge >= 0.3 is 6.18 Å². The highest BCUT2D eigenvalue weighted by atomic mass is 19.4. The molecule has 0 saturated carbocycles. The van der Waals surface area contributed by atoms with Gasteiger partial charge in [-0.3, -0.25) is 0 Å². The first kappa shape index (κ1) is 20.5. The van der Waals surface area contributed by atoms with Crippen molar-refractivity contribution in [3.63, 3.8) is 0 Å². The van der Waals surface area contributed by atoms with Gasteiger partial charge < -0.3 is 25.6 Å². The summed E-state index contributed by atoms with van der Waals surface area (Å²) in [5.74, 6) is 0.263. The molecule has 2 aromatic rings. The van der Waals surface area contributed by atoms with Crippen LogP contribution in [-0.2, 0) is 17.5 Å². The topological polar surface area (TPSA) is 53.8 Å². The normalized spacial score (nSPS) is 22.7. The van der Waals surface area contributed by atoms with Crippen LogP contribution in [0.5, 0.6) is 0 Å². The molecule has 2 atom stereocenters. The molecule has 0 radical (unpaired) electrons. The van der Waals surface area contributed by atoms with Crippen LogP contribution in [0.4, 0.5) is 30.2 Å². The van der Waals surface area contributed by atoms with Crippen molar-refractivity contribution in [3.05, 3.63) is 41.0 Å². The lowest BCUT2D eigenvalue weighted by molar-refractivity contribution is -0.137. The Kier molecular flexibility index (Phi) is 4.82. The van der Waals surface area contributed by atoms with Crippen molar-refractivity contribution in [1.82, 2.24) is 5.32 Å². The summed E-state index contributed by atoms with van der Waals surface area (Å²) in [5, 5.41) is 3.46. The van der Waals surface area contributed by atoms with Gasteiger partial charge in [0.2, 0.25) is 0 Å². The van der Waals surface area contributed by atoms with E-state index in [1.807, 2.05) is 12.1 Å². The molecule has 0 aromatic heterocycles. The summed E-state index contributed by atoms with van der Waals surface area (Å²) in [6.45, 7) is 3.62. The number of ether oxygens (including phenoxy) is 1. The minimum Gasteiger partial charge on any atom is -0.397 e. The smallest absolute Gasteiger partial charge is 0.397 e. The van der Waals surface area contributed by atoms with Crippen molar-refractivity contribution >= 4 is 17.1 Å². The monoisotopic (exact) mass is 432 g/mol. The molecule has 5 rings (SSSR count). The number of nitrogens with two attached hydrogens (primary N) is 1. The number of fused-ring (bicyclic) bond motifs is 3. The van der Waals surface area contributed by atoms with E-state index in [2.05, 4.69) is 10.2 Å². The zero-order valence-corrected chi connectivity index (χ0v) is 17.7. The second-order valence-corrected chi connectivity index (χ2v) is 8.80. The minimum atomic E-state index is -4.49. The van der Waals surface area contributed by atoms with Crippen LogP contribution in [-0.4, -0.2) is 46.4 Å². The number of alkyl halides is 3. The van der Waals surface area contributed by atoms with Gasteiger partial charge in [-0.25, -0.2) is 0 Å². The van der Waals surface area contributed by atoms with Gasteiger partial charge in [0, 0.05) is 56.0 Å². The van der Waals surface area contributed by atoms with Gasteiger partial charge in [0.05, 0.1) is 30.2 Å². The number of hydrogen-bond acceptors (Lipinski definition) is 5. The van der Waals surface area contributed by atoms with Crippen molar-refractivity contribution in [1.29, 1.82) is 0 Å². The van der Waals surface area contributed by atoms with Crippen LogP contribution in [0.25, 0.3) is 11.1 Å². The SMILES string of the molecule is CN(C)c1c(N)ccc(C(F)(F)F)c1-c1cc2c3c(c1)[C@@H]1CNCC[C@@H]1N3CCOC2. The molecule has 1 saturated heterocycles. The van der Waals surface area contributed by atoms with E-state index in [0.29, 0.717) is 36.2 Å². The predicted octanol–water partition coefficient (Wildman–Crippen LogP) is 3.82. The number of rotatable bonds is 2. The van der Waals surface area contributed by atoms with Crippen LogP contribution in [0.1, 0.15) is 29.0 Å². The first-order chi connectivity index (χ1) is 14.8. The molecule has 0 aliphatic carbocycles. The van der Waals surface area contributed by atoms with Gasteiger partial charge in [-0.05, 0) is 48.4 Å². The average Bonchev–Trinajstić information content (AvgIpc) is 2.87. The maximum Gasteiger partial charge on any atom is 0.417 e. The second kappa shape index (κ2) is 7.31. The van der Waals surface area contributed by atoms with Crippen molar-refractivity contribution in [2.45, 2.75) is 31.2 Å². The number of benzene rings is 2. The zero-order chi connectivity index (χ0) is 21.9. The number of halogens is 3. The molecule has 31 heavy (non-hydrogen) atoms. The lowest BCUT2D eigenvalue weighted by Gasteiger charge is -2.33. The number of anilines is 3. The van der Waals surface area contributed by atoms with Gasteiger partial charge in [-0.15, -0.1) is 0 Å². The van der Waals surface area contributed by atoms with E-state index in [4.69, 9.17) is 10.5 Å². The van der Waals surface area contributed by atoms with Crippen molar-refractivity contribution in [2.24, 2.45) is 0 Å². The number of nitrogens with one attached hydrogen (secondary N) is 1. The Bertz CT molecular complexity index is 1020. The van der Waals surface area contributed by atoms with E-state index in [0.717, 1.165) is 48.9 Å². The summed E-state index contributed by atoms with van der Waals surface area (Å²) in [5.41, 5.74) is 10.1. The number of piperidine rings is 1. The van der Waals surface area contributed by atoms with Gasteiger partial charge in [-0.2, -0.15) is 13.2 Å². The molecule has 3 heterocycles. The molecule has 1 fully saturated rings. The summed E-state index contributed by atoms with van der Waals surface area (Å²) >= 11 is 0. The molecule has 166 valence electrons. The van der Waals surface area contributed by atoms with Crippen molar-refractivity contribution in [2.75, 3.05) is 55.9 Å². The molecular weight excluding hydrogens is 405 g/mol. The third kappa shape index (κ3) is 3.24. The zero-order valence-electron chi connectivity index (χ0n) is 17.7. The standard InChI is InChI=1S/C23H27F3N4O/c1-29(2)22-18(27)4-3-17(23(24,25)26)20(22)13-9-14-12-31-8-7-30-19-5-6-28-11-16(19)15(10-13)21(14)30/h3-4,9-10,16,19,28H,5-8,11-12,27H2,1-2H3/t16-,19-/m0/s1. The molecule has 3 N–H and O–H groups in total. The van der Waals surface area contributed by atoms with Gasteiger partial charge in [0.1, 0.15) is 0 Å². The van der Waals surface area contributed by atoms with Gasteiger partial charge in [0.15, 0.2) is 0 Å². The molecule has 3 aliphatic rings. The average molecular weight is 432 g/mol. The Balaban J connectivity index is 1.78. The third-order valence-corrected chi connectivity index (χ3v) is 6.74. The molecule has 0 spiro atoms. The Labute approximate surface area is 180 Å². The first-order valence-electron chi connectivity index (χ1n) is 10.7. The highest BCUT2D eigenvalue weighted by Crippen LogP contribution is 2.51. The molecule has 0 unspecified atom stereocenters. The summed E-state index contributed by atoms with van der Waals surface area (Å²) in [6.07, 6.45) is -3.47. The largest absolute Gasteiger partial charge is 0.417 e. The van der Waals surface area contributed by atoms with E-state index >= 15 is 0 Å². The van der Waals surface area contributed by atoms with E-state index in [1.165, 1.54) is 6.07 Å². The van der Waals surface area contributed by atoms with Crippen LogP contribution < -0.4 is 20.9 Å². The highest BCUT2D eigenvalue weighted by molar-refractivity contribution is 5.91. The van der Waals surface area contributed by atoms with Gasteiger partial charge in [-0.1, -0.05) is 0 Å². The van der Waals surface area contributed by atoms with Crippen LogP contribution in [0.15, 0.2) is 24.3 Å². The molecule has 0 amide bonds. The Morgan fingerprint density at radius 1 is 1.23 bits per heavy atom. The molecule has 5 nitrogen and oxygen atoms in total. The van der Waals surface area contributed by atoms with Crippen molar-refractivity contribution < 1.29 is 17.9 Å². The third-order valence-electron chi connectivity index (χ3n) is 6.74. The molecule has 8 heteroatoms. The lowest BCUT2D eigenvalue weighted by atomic mass is 9.86. The van der Waals surface area contributed by atoms with Crippen LogP contribution in [0, 0.1) is 0 Å². The summed E-state index contributed by atoms with van der Waals surface area (Å²) in [6, 6.07) is 6.64. The van der Waals surface area contributed by atoms with Crippen LogP contribution >= 0.6 is 0 Å². The number of hydrogen-bond donors (Lipinski definition) is 2. The summed E-state index contributed by atoms with van der Waals surface area (Å²) in [7, 11) is 3.45. The Hall–Kier alpha value is -2.45. The van der Waals surface area contributed by atoms with Crippen LogP contribution in [0.3, 0.4) is 0 Å². The van der Waals surface area contributed by atoms with E-state index in [9.17, 15) is 13.2 Å². The minimum absolute atomic E-state index is 0.138. The molecule has 0 bridgehead atoms. The first-order valence-corrected chi connectivity index (χ1v) is 10.7. The highest BCUT2D eigenvalue weighted by Gasteiger charge is 2.43. The second-order valence-electron chi connectivity index (χ2n) is 8.80. The lowest BCUT2D eigenvalue weighted by Crippen LogP contribution is -2.44. The molecule has 2 aromatic carbocycles. The van der Waals surface area contributed by atoms with Gasteiger partial charge in [0.25, 0.3) is 0 Å². The maximum atomic E-state index is 14.1. The van der Waals surface area contributed by atoms with E-state index < -0.39 is 11.7 Å². The Morgan fingerprint density at radius 3 is 2.77 bits per heavy atom. The molecule has 3 aliphatic heterocycles.